The molecule has 4 aromatic rings. The van der Waals surface area contributed by atoms with Gasteiger partial charge in [-0.3, -0.25) is 4.98 Å². The molecule has 0 aliphatic heterocycles. The maximum Gasteiger partial charge on any atom is 0.142 e. The number of hydrogen-bond donors (Lipinski definition) is 1. The van der Waals surface area contributed by atoms with Crippen molar-refractivity contribution in [2.24, 2.45) is 0 Å². The highest BCUT2D eigenvalue weighted by Crippen LogP contribution is 2.33. The first-order chi connectivity index (χ1) is 11.3. The van der Waals surface area contributed by atoms with Crippen molar-refractivity contribution in [3.63, 3.8) is 0 Å². The number of aromatic amines is 1. The lowest BCUT2D eigenvalue weighted by molar-refractivity contribution is 0.395. The van der Waals surface area contributed by atoms with Crippen LogP contribution in [0.1, 0.15) is 0 Å². The number of H-pyrrole nitrogens is 1. The van der Waals surface area contributed by atoms with Crippen LogP contribution in [0.25, 0.3) is 33.3 Å². The van der Waals surface area contributed by atoms with Crippen LogP contribution in [0, 0.1) is 0 Å². The molecule has 0 unspecified atom stereocenters. The van der Waals surface area contributed by atoms with E-state index in [1.807, 2.05) is 36.4 Å². The molecule has 0 amide bonds. The minimum Gasteiger partial charge on any atom is -0.497 e. The zero-order valence-corrected chi connectivity index (χ0v) is 12.8. The summed E-state index contributed by atoms with van der Waals surface area (Å²) in [6.45, 7) is 0. The largest absolute Gasteiger partial charge is 0.497 e. The van der Waals surface area contributed by atoms with Gasteiger partial charge in [0.1, 0.15) is 17.3 Å². The van der Waals surface area contributed by atoms with Crippen molar-refractivity contribution in [2.45, 2.75) is 0 Å². The van der Waals surface area contributed by atoms with Gasteiger partial charge in [0.2, 0.25) is 0 Å². The van der Waals surface area contributed by atoms with Gasteiger partial charge in [-0.25, -0.2) is 4.98 Å². The van der Waals surface area contributed by atoms with Gasteiger partial charge in [-0.2, -0.15) is 0 Å². The average Bonchev–Trinajstić information content (AvgIpc) is 3.01. The molecule has 1 N–H and O–H groups in total. The molecule has 0 saturated heterocycles. The van der Waals surface area contributed by atoms with Crippen molar-refractivity contribution in [3.05, 3.63) is 48.7 Å². The third-order valence-corrected chi connectivity index (χ3v) is 3.87. The maximum atomic E-state index is 5.46. The molecule has 0 atom stereocenters. The van der Waals surface area contributed by atoms with E-state index in [1.165, 1.54) is 0 Å². The number of rotatable bonds is 3. The van der Waals surface area contributed by atoms with E-state index in [4.69, 9.17) is 9.47 Å². The minimum absolute atomic E-state index is 0.714. The third kappa shape index (κ3) is 2.26. The summed E-state index contributed by atoms with van der Waals surface area (Å²) < 4.78 is 10.7. The van der Waals surface area contributed by atoms with E-state index in [9.17, 15) is 0 Å². The molecular weight excluding hydrogens is 290 g/mol. The van der Waals surface area contributed by atoms with Crippen LogP contribution in [0.5, 0.6) is 11.5 Å². The van der Waals surface area contributed by atoms with Gasteiger partial charge in [0.05, 0.1) is 36.3 Å². The molecule has 0 bridgehead atoms. The smallest absolute Gasteiger partial charge is 0.142 e. The maximum absolute atomic E-state index is 5.46. The topological polar surface area (TPSA) is 60.0 Å². The SMILES string of the molecule is COc1ccc(-c2nc3cc4ncccc4cc3[nH]2)c(OC)c1. The Labute approximate surface area is 132 Å². The first kappa shape index (κ1) is 13.6. The van der Waals surface area contributed by atoms with Gasteiger partial charge in [-0.15, -0.1) is 0 Å². The van der Waals surface area contributed by atoms with Crippen molar-refractivity contribution in [3.8, 4) is 22.9 Å². The third-order valence-electron chi connectivity index (χ3n) is 3.87. The summed E-state index contributed by atoms with van der Waals surface area (Å²) >= 11 is 0. The number of nitrogens with zero attached hydrogens (tertiary/aromatic N) is 2. The highest BCUT2D eigenvalue weighted by molar-refractivity contribution is 5.94. The van der Waals surface area contributed by atoms with Crippen LogP contribution in [-0.2, 0) is 0 Å². The van der Waals surface area contributed by atoms with E-state index in [1.54, 1.807) is 20.4 Å². The Balaban J connectivity index is 1.90. The lowest BCUT2D eigenvalue weighted by atomic mass is 10.2. The molecule has 23 heavy (non-hydrogen) atoms. The number of nitrogens with one attached hydrogen (secondary N) is 1. The Bertz CT molecular complexity index is 955. The van der Waals surface area contributed by atoms with Gasteiger partial charge in [-0.05, 0) is 30.3 Å². The van der Waals surface area contributed by atoms with Crippen LogP contribution in [0.4, 0.5) is 0 Å². The average molecular weight is 305 g/mol. The molecule has 5 heteroatoms. The number of hydrogen-bond acceptors (Lipinski definition) is 4. The molecule has 0 aliphatic carbocycles. The van der Waals surface area contributed by atoms with Gasteiger partial charge >= 0.3 is 0 Å². The monoisotopic (exact) mass is 305 g/mol. The molecule has 114 valence electrons. The lowest BCUT2D eigenvalue weighted by Gasteiger charge is -2.08. The summed E-state index contributed by atoms with van der Waals surface area (Å²) in [6, 6.07) is 13.7. The van der Waals surface area contributed by atoms with Gasteiger partial charge in [-0.1, -0.05) is 6.07 Å². The zero-order chi connectivity index (χ0) is 15.8. The minimum atomic E-state index is 0.714. The highest BCUT2D eigenvalue weighted by Gasteiger charge is 2.12. The van der Waals surface area contributed by atoms with Crippen LogP contribution in [0.3, 0.4) is 0 Å². The summed E-state index contributed by atoms with van der Waals surface area (Å²) in [4.78, 5) is 12.4. The molecule has 0 aliphatic rings. The zero-order valence-electron chi connectivity index (χ0n) is 12.8. The van der Waals surface area contributed by atoms with E-state index >= 15 is 0 Å². The Morgan fingerprint density at radius 3 is 2.70 bits per heavy atom. The summed E-state index contributed by atoms with van der Waals surface area (Å²) in [6.07, 6.45) is 1.79. The predicted molar refractivity (Wildman–Crippen MR) is 89.9 cm³/mol. The highest BCUT2D eigenvalue weighted by atomic mass is 16.5. The van der Waals surface area contributed by atoms with Crippen LogP contribution in [0.15, 0.2) is 48.7 Å². The number of fused-ring (bicyclic) bond motifs is 2. The van der Waals surface area contributed by atoms with Gasteiger partial charge < -0.3 is 14.5 Å². The fraction of sp³-hybridized carbons (Fsp3) is 0.111. The molecule has 4 rings (SSSR count). The van der Waals surface area contributed by atoms with Crippen molar-refractivity contribution in [1.82, 2.24) is 15.0 Å². The molecule has 0 saturated carbocycles. The predicted octanol–water partition coefficient (Wildman–Crippen LogP) is 3.80. The van der Waals surface area contributed by atoms with Gasteiger partial charge in [0.25, 0.3) is 0 Å². The fourth-order valence-corrected chi connectivity index (χ4v) is 2.70. The van der Waals surface area contributed by atoms with E-state index in [2.05, 4.69) is 21.0 Å². The van der Waals surface area contributed by atoms with Crippen molar-refractivity contribution in [1.29, 1.82) is 0 Å². The van der Waals surface area contributed by atoms with Crippen molar-refractivity contribution < 1.29 is 9.47 Å². The Hall–Kier alpha value is -3.08. The number of ether oxygens (including phenoxy) is 2. The summed E-state index contributed by atoms with van der Waals surface area (Å²) in [5.74, 6) is 2.22. The van der Waals surface area contributed by atoms with E-state index in [0.717, 1.165) is 39.1 Å². The second kappa shape index (κ2) is 5.28. The molecule has 2 heterocycles. The van der Waals surface area contributed by atoms with E-state index in [0.29, 0.717) is 5.75 Å². The molecule has 5 nitrogen and oxygen atoms in total. The Morgan fingerprint density at radius 1 is 0.957 bits per heavy atom. The Kier molecular flexibility index (Phi) is 3.12. The van der Waals surface area contributed by atoms with E-state index < -0.39 is 0 Å². The van der Waals surface area contributed by atoms with Crippen LogP contribution >= 0.6 is 0 Å². The standard InChI is InChI=1S/C18H15N3O2/c1-22-12-5-6-13(17(9-12)23-2)18-20-15-8-11-4-3-7-19-14(11)10-16(15)21-18/h3-10H,1-2H3,(H,20,21). The summed E-state index contributed by atoms with van der Waals surface area (Å²) in [5.41, 5.74) is 3.67. The summed E-state index contributed by atoms with van der Waals surface area (Å²) in [7, 11) is 3.27. The molecule has 2 aromatic heterocycles. The molecule has 0 radical (unpaired) electrons. The van der Waals surface area contributed by atoms with Crippen LogP contribution < -0.4 is 9.47 Å². The number of methoxy groups -OCH3 is 2. The van der Waals surface area contributed by atoms with Gasteiger partial charge in [0, 0.05) is 17.6 Å². The normalized spacial score (nSPS) is 11.0. The van der Waals surface area contributed by atoms with Gasteiger partial charge in [0.15, 0.2) is 0 Å². The Morgan fingerprint density at radius 2 is 1.87 bits per heavy atom. The lowest BCUT2D eigenvalue weighted by Crippen LogP contribution is -1.91. The molecular formula is C18H15N3O2. The number of benzene rings is 2. The molecule has 0 fully saturated rings. The molecule has 2 aromatic carbocycles. The quantitative estimate of drug-likeness (QED) is 0.625. The second-order valence-electron chi connectivity index (χ2n) is 5.22. The van der Waals surface area contributed by atoms with E-state index in [-0.39, 0.29) is 0 Å². The van der Waals surface area contributed by atoms with Crippen molar-refractivity contribution in [2.75, 3.05) is 14.2 Å². The summed E-state index contributed by atoms with van der Waals surface area (Å²) in [5, 5.41) is 1.08. The molecule has 0 spiro atoms. The second-order valence-corrected chi connectivity index (χ2v) is 5.22. The number of pyridine rings is 1. The first-order valence-corrected chi connectivity index (χ1v) is 7.25. The fourth-order valence-electron chi connectivity index (χ4n) is 2.70. The van der Waals surface area contributed by atoms with Crippen LogP contribution in [0.2, 0.25) is 0 Å². The number of aromatic nitrogens is 3. The van der Waals surface area contributed by atoms with Crippen molar-refractivity contribution >= 4 is 21.9 Å². The van der Waals surface area contributed by atoms with Crippen LogP contribution in [-0.4, -0.2) is 29.2 Å². The number of imidazole rings is 1. The first-order valence-electron chi connectivity index (χ1n) is 7.25.